The van der Waals surface area contributed by atoms with Crippen molar-refractivity contribution in [2.24, 2.45) is 0 Å². The molecule has 1 aliphatic rings. The lowest BCUT2D eigenvalue weighted by atomic mass is 10.0. The second-order valence-electron chi connectivity index (χ2n) is 6.40. The SMILES string of the molecule is CC1(C)CN(C(=O)c2cn[nH]n2)CCN1S(=O)(=O)c1ccccc1F. The molecule has 1 saturated heterocycles. The van der Waals surface area contributed by atoms with Crippen molar-refractivity contribution in [3.63, 3.8) is 0 Å². The van der Waals surface area contributed by atoms with Crippen LogP contribution in [0.1, 0.15) is 24.3 Å². The van der Waals surface area contributed by atoms with Crippen molar-refractivity contribution in [3.05, 3.63) is 42.0 Å². The number of carbonyl (C=O) groups is 1. The monoisotopic (exact) mass is 367 g/mol. The smallest absolute Gasteiger partial charge is 0.276 e. The molecule has 0 saturated carbocycles. The summed E-state index contributed by atoms with van der Waals surface area (Å²) in [5, 5.41) is 9.74. The van der Waals surface area contributed by atoms with Crippen molar-refractivity contribution < 1.29 is 17.6 Å². The molecule has 2 aromatic rings. The van der Waals surface area contributed by atoms with Crippen molar-refractivity contribution in [1.29, 1.82) is 0 Å². The summed E-state index contributed by atoms with van der Waals surface area (Å²) in [6.07, 6.45) is 1.32. The molecule has 25 heavy (non-hydrogen) atoms. The lowest BCUT2D eigenvalue weighted by molar-refractivity contribution is 0.0489. The van der Waals surface area contributed by atoms with Crippen LogP contribution in [0, 0.1) is 5.82 Å². The van der Waals surface area contributed by atoms with Crippen molar-refractivity contribution >= 4 is 15.9 Å². The van der Waals surface area contributed by atoms with E-state index in [9.17, 15) is 17.6 Å². The maximum Gasteiger partial charge on any atom is 0.276 e. The molecule has 0 atom stereocenters. The van der Waals surface area contributed by atoms with E-state index in [1.165, 1.54) is 33.6 Å². The van der Waals surface area contributed by atoms with E-state index in [0.29, 0.717) is 0 Å². The van der Waals surface area contributed by atoms with Gasteiger partial charge in [0.1, 0.15) is 10.7 Å². The van der Waals surface area contributed by atoms with Crippen molar-refractivity contribution in [2.45, 2.75) is 24.3 Å². The summed E-state index contributed by atoms with van der Waals surface area (Å²) in [7, 11) is -4.02. The van der Waals surface area contributed by atoms with E-state index < -0.39 is 21.4 Å². The summed E-state index contributed by atoms with van der Waals surface area (Å²) < 4.78 is 41.0. The fourth-order valence-corrected chi connectivity index (χ4v) is 4.83. The zero-order chi connectivity index (χ0) is 18.2. The largest absolute Gasteiger partial charge is 0.334 e. The van der Waals surface area contributed by atoms with Crippen LogP contribution in [0.15, 0.2) is 35.4 Å². The van der Waals surface area contributed by atoms with E-state index in [-0.39, 0.29) is 36.1 Å². The Balaban J connectivity index is 1.86. The van der Waals surface area contributed by atoms with Gasteiger partial charge in [-0.2, -0.15) is 19.7 Å². The van der Waals surface area contributed by atoms with Crippen molar-refractivity contribution in [1.82, 2.24) is 24.6 Å². The first-order valence-electron chi connectivity index (χ1n) is 7.66. The average Bonchev–Trinajstić information content (AvgIpc) is 3.07. The minimum absolute atomic E-state index is 0.0628. The standard InChI is InChI=1S/C15H18FN5O3S/c1-15(2)10-20(14(22)12-9-17-19-18-12)7-8-21(15)25(23,24)13-6-4-3-5-11(13)16/h3-6,9H,7-8,10H2,1-2H3,(H,17,18,19). The zero-order valence-electron chi connectivity index (χ0n) is 13.8. The molecule has 1 fully saturated rings. The van der Waals surface area contributed by atoms with Gasteiger partial charge in [0.15, 0.2) is 5.69 Å². The normalized spacial score (nSPS) is 18.3. The number of hydrogen-bond acceptors (Lipinski definition) is 5. The van der Waals surface area contributed by atoms with Gasteiger partial charge in [-0.15, -0.1) is 0 Å². The zero-order valence-corrected chi connectivity index (χ0v) is 14.6. The molecule has 8 nitrogen and oxygen atoms in total. The summed E-state index contributed by atoms with van der Waals surface area (Å²) in [6, 6.07) is 5.28. The van der Waals surface area contributed by atoms with E-state index in [1.54, 1.807) is 13.8 Å². The molecular weight excluding hydrogens is 349 g/mol. The molecule has 0 spiro atoms. The number of amides is 1. The minimum Gasteiger partial charge on any atom is -0.334 e. The van der Waals surface area contributed by atoms with Crippen LogP contribution in [0.2, 0.25) is 0 Å². The van der Waals surface area contributed by atoms with Gasteiger partial charge in [0.05, 0.1) is 6.20 Å². The first-order chi connectivity index (χ1) is 11.7. The van der Waals surface area contributed by atoms with Crippen molar-refractivity contribution in [2.75, 3.05) is 19.6 Å². The highest BCUT2D eigenvalue weighted by Crippen LogP contribution is 2.30. The van der Waals surface area contributed by atoms with Crippen LogP contribution in [0.3, 0.4) is 0 Å². The number of halogens is 1. The highest BCUT2D eigenvalue weighted by Gasteiger charge is 2.43. The molecule has 1 aromatic carbocycles. The number of hydrogen-bond donors (Lipinski definition) is 1. The summed E-state index contributed by atoms with van der Waals surface area (Å²) in [4.78, 5) is 13.6. The molecule has 1 aliphatic heterocycles. The Hall–Kier alpha value is -2.33. The minimum atomic E-state index is -4.02. The summed E-state index contributed by atoms with van der Waals surface area (Å²) in [5.74, 6) is -1.12. The van der Waals surface area contributed by atoms with Gasteiger partial charge in [0, 0.05) is 25.2 Å². The van der Waals surface area contributed by atoms with Gasteiger partial charge in [0.2, 0.25) is 10.0 Å². The lowest BCUT2D eigenvalue weighted by Crippen LogP contribution is -2.62. The first-order valence-corrected chi connectivity index (χ1v) is 9.10. The Bertz CT molecular complexity index is 882. The molecule has 0 radical (unpaired) electrons. The maximum absolute atomic E-state index is 14.0. The van der Waals surface area contributed by atoms with E-state index >= 15 is 0 Å². The Morgan fingerprint density at radius 3 is 2.60 bits per heavy atom. The lowest BCUT2D eigenvalue weighted by Gasteiger charge is -2.45. The summed E-state index contributed by atoms with van der Waals surface area (Å²) >= 11 is 0. The summed E-state index contributed by atoms with van der Waals surface area (Å²) in [6.45, 7) is 3.81. The van der Waals surface area contributed by atoms with E-state index in [0.717, 1.165) is 6.07 Å². The van der Waals surface area contributed by atoms with Crippen LogP contribution in [0.4, 0.5) is 4.39 Å². The van der Waals surface area contributed by atoms with Crippen LogP contribution < -0.4 is 0 Å². The van der Waals surface area contributed by atoms with Crippen LogP contribution in [-0.2, 0) is 10.0 Å². The number of aromatic amines is 1. The number of aromatic nitrogens is 3. The van der Waals surface area contributed by atoms with Crippen LogP contribution in [-0.4, -0.2) is 64.1 Å². The molecule has 1 aromatic heterocycles. The van der Waals surface area contributed by atoms with E-state index in [1.807, 2.05) is 0 Å². The number of rotatable bonds is 3. The Morgan fingerprint density at radius 2 is 2.00 bits per heavy atom. The maximum atomic E-state index is 14.0. The van der Waals surface area contributed by atoms with Gasteiger partial charge in [-0.1, -0.05) is 12.1 Å². The third-order valence-electron chi connectivity index (χ3n) is 4.15. The Morgan fingerprint density at radius 1 is 1.28 bits per heavy atom. The van der Waals surface area contributed by atoms with Gasteiger partial charge in [0.25, 0.3) is 5.91 Å². The molecule has 3 rings (SSSR count). The van der Waals surface area contributed by atoms with Crippen LogP contribution >= 0.6 is 0 Å². The highest BCUT2D eigenvalue weighted by molar-refractivity contribution is 7.89. The Labute approximate surface area is 144 Å². The van der Waals surface area contributed by atoms with Crippen molar-refractivity contribution in [3.8, 4) is 0 Å². The van der Waals surface area contributed by atoms with Gasteiger partial charge >= 0.3 is 0 Å². The molecule has 0 bridgehead atoms. The third-order valence-corrected chi connectivity index (χ3v) is 6.30. The number of benzene rings is 1. The fourth-order valence-electron chi connectivity index (χ4n) is 3.00. The molecular formula is C15H18FN5O3S. The van der Waals surface area contributed by atoms with Gasteiger partial charge < -0.3 is 4.90 Å². The molecule has 0 aliphatic carbocycles. The topological polar surface area (TPSA) is 99.3 Å². The quantitative estimate of drug-likeness (QED) is 0.868. The number of H-pyrrole nitrogens is 1. The fraction of sp³-hybridized carbons (Fsp3) is 0.400. The first kappa shape index (κ1) is 17.5. The van der Waals surface area contributed by atoms with Gasteiger partial charge in [-0.25, -0.2) is 12.8 Å². The molecule has 10 heteroatoms. The van der Waals surface area contributed by atoms with E-state index in [4.69, 9.17) is 0 Å². The van der Waals surface area contributed by atoms with E-state index in [2.05, 4.69) is 15.4 Å². The van der Waals surface area contributed by atoms with Gasteiger partial charge in [-0.05, 0) is 26.0 Å². The number of nitrogens with one attached hydrogen (secondary N) is 1. The predicted molar refractivity (Wildman–Crippen MR) is 86.7 cm³/mol. The molecule has 2 heterocycles. The third kappa shape index (κ3) is 3.14. The summed E-state index contributed by atoms with van der Waals surface area (Å²) in [5.41, 5.74) is -0.736. The number of nitrogens with zero attached hydrogens (tertiary/aromatic N) is 4. The second kappa shape index (κ2) is 6.19. The molecule has 1 N–H and O–H groups in total. The second-order valence-corrected chi connectivity index (χ2v) is 8.23. The molecule has 134 valence electrons. The average molecular weight is 367 g/mol. The molecule has 1 amide bonds. The highest BCUT2D eigenvalue weighted by atomic mass is 32.2. The number of sulfonamides is 1. The van der Waals surface area contributed by atoms with Crippen LogP contribution in [0.25, 0.3) is 0 Å². The molecule has 0 unspecified atom stereocenters. The number of piperazine rings is 1. The van der Waals surface area contributed by atoms with Crippen LogP contribution in [0.5, 0.6) is 0 Å². The van der Waals surface area contributed by atoms with Gasteiger partial charge in [-0.3, -0.25) is 4.79 Å². The number of carbonyl (C=O) groups excluding carboxylic acids is 1. The predicted octanol–water partition coefficient (Wildman–Crippen LogP) is 0.869. The Kier molecular flexibility index (Phi) is 4.33.